The lowest BCUT2D eigenvalue weighted by atomic mass is 10.1. The molecular weight excluding hydrogens is 332 g/mol. The normalized spacial score (nSPS) is 10.2. The molecule has 0 aliphatic heterocycles. The van der Waals surface area contributed by atoms with Gasteiger partial charge in [0.1, 0.15) is 5.75 Å². The molecule has 2 amide bonds. The summed E-state index contributed by atoms with van der Waals surface area (Å²) in [7, 11) is 0. The van der Waals surface area contributed by atoms with Gasteiger partial charge in [-0.05, 0) is 46.1 Å². The van der Waals surface area contributed by atoms with E-state index in [0.717, 1.165) is 22.9 Å². The standard InChI is InChI=1S/C16H17BrN2O2/c1-2-6-11-7-5-10-14(15(11)20)19-16(21)18-13-9-4-3-8-12(13)17/h3-5,7-10,20H,2,6H2,1H3,(H2,18,19,21). The summed E-state index contributed by atoms with van der Waals surface area (Å²) >= 11 is 3.36. The van der Waals surface area contributed by atoms with Crippen LogP contribution in [0.5, 0.6) is 5.75 Å². The highest BCUT2D eigenvalue weighted by atomic mass is 79.9. The number of carbonyl (C=O) groups excluding carboxylic acids is 1. The molecule has 2 aromatic carbocycles. The molecule has 0 saturated carbocycles. The summed E-state index contributed by atoms with van der Waals surface area (Å²) in [4.78, 5) is 12.0. The Morgan fingerprint density at radius 2 is 1.76 bits per heavy atom. The lowest BCUT2D eigenvalue weighted by molar-refractivity contribution is 0.262. The highest BCUT2D eigenvalue weighted by Gasteiger charge is 2.10. The predicted octanol–water partition coefficient (Wildman–Crippen LogP) is 4.75. The van der Waals surface area contributed by atoms with Crippen LogP contribution in [0.1, 0.15) is 18.9 Å². The van der Waals surface area contributed by atoms with Gasteiger partial charge < -0.3 is 15.7 Å². The number of carbonyl (C=O) groups is 1. The van der Waals surface area contributed by atoms with Crippen LogP contribution in [0, 0.1) is 0 Å². The van der Waals surface area contributed by atoms with Crippen molar-refractivity contribution < 1.29 is 9.90 Å². The van der Waals surface area contributed by atoms with E-state index in [2.05, 4.69) is 26.6 Å². The fourth-order valence-electron chi connectivity index (χ4n) is 2.00. The zero-order chi connectivity index (χ0) is 15.2. The summed E-state index contributed by atoms with van der Waals surface area (Å²) in [5, 5.41) is 15.5. The summed E-state index contributed by atoms with van der Waals surface area (Å²) in [5.74, 6) is 0.127. The molecular formula is C16H17BrN2O2. The summed E-state index contributed by atoms with van der Waals surface area (Å²) < 4.78 is 0.795. The van der Waals surface area contributed by atoms with Gasteiger partial charge in [-0.25, -0.2) is 4.79 Å². The van der Waals surface area contributed by atoms with Crippen molar-refractivity contribution in [3.8, 4) is 5.75 Å². The summed E-state index contributed by atoms with van der Waals surface area (Å²) in [5.41, 5.74) is 1.90. The van der Waals surface area contributed by atoms with Gasteiger partial charge in [-0.2, -0.15) is 0 Å². The third-order valence-corrected chi connectivity index (χ3v) is 3.70. The van der Waals surface area contributed by atoms with Gasteiger partial charge in [0.15, 0.2) is 0 Å². The van der Waals surface area contributed by atoms with Gasteiger partial charge in [-0.1, -0.05) is 37.6 Å². The maximum Gasteiger partial charge on any atom is 0.323 e. The lowest BCUT2D eigenvalue weighted by Gasteiger charge is -2.12. The molecule has 2 rings (SSSR count). The molecule has 0 spiro atoms. The number of anilines is 2. The summed E-state index contributed by atoms with van der Waals surface area (Å²) in [6.45, 7) is 2.04. The van der Waals surface area contributed by atoms with Crippen LogP contribution in [-0.2, 0) is 6.42 Å². The largest absolute Gasteiger partial charge is 0.505 e. The van der Waals surface area contributed by atoms with Crippen molar-refractivity contribution >= 4 is 33.3 Å². The topological polar surface area (TPSA) is 61.4 Å². The molecule has 0 aliphatic carbocycles. The SMILES string of the molecule is CCCc1cccc(NC(=O)Nc2ccccc2Br)c1O. The molecule has 0 unspecified atom stereocenters. The van der Waals surface area contributed by atoms with E-state index in [1.807, 2.05) is 37.3 Å². The number of aryl methyl sites for hydroxylation is 1. The van der Waals surface area contributed by atoms with Crippen LogP contribution in [0.25, 0.3) is 0 Å². The number of benzene rings is 2. The Morgan fingerprint density at radius 3 is 2.48 bits per heavy atom. The molecule has 0 radical (unpaired) electrons. The van der Waals surface area contributed by atoms with E-state index >= 15 is 0 Å². The minimum absolute atomic E-state index is 0.127. The fourth-order valence-corrected chi connectivity index (χ4v) is 2.39. The second kappa shape index (κ2) is 7.13. The first-order valence-corrected chi connectivity index (χ1v) is 7.54. The van der Waals surface area contributed by atoms with Crippen LogP contribution >= 0.6 is 15.9 Å². The van der Waals surface area contributed by atoms with E-state index in [9.17, 15) is 9.90 Å². The Kier molecular flexibility index (Phi) is 5.22. The van der Waals surface area contributed by atoms with Crippen LogP contribution < -0.4 is 10.6 Å². The molecule has 21 heavy (non-hydrogen) atoms. The number of hydrogen-bond donors (Lipinski definition) is 3. The van der Waals surface area contributed by atoms with E-state index in [-0.39, 0.29) is 5.75 Å². The molecule has 0 fully saturated rings. The molecule has 2 aromatic rings. The maximum atomic E-state index is 12.0. The molecule has 0 aliphatic rings. The van der Waals surface area contributed by atoms with Crippen molar-refractivity contribution in [2.24, 2.45) is 0 Å². The predicted molar refractivity (Wildman–Crippen MR) is 88.9 cm³/mol. The number of rotatable bonds is 4. The number of phenols is 1. The van der Waals surface area contributed by atoms with E-state index in [1.165, 1.54) is 0 Å². The van der Waals surface area contributed by atoms with Gasteiger partial charge in [0.05, 0.1) is 11.4 Å². The molecule has 0 bridgehead atoms. The number of nitrogens with one attached hydrogen (secondary N) is 2. The molecule has 0 heterocycles. The summed E-state index contributed by atoms with van der Waals surface area (Å²) in [6.07, 6.45) is 1.70. The van der Waals surface area contributed by atoms with Gasteiger partial charge in [-0.3, -0.25) is 0 Å². The molecule has 3 N–H and O–H groups in total. The van der Waals surface area contributed by atoms with Gasteiger partial charge >= 0.3 is 6.03 Å². The van der Waals surface area contributed by atoms with Crippen LogP contribution in [-0.4, -0.2) is 11.1 Å². The fraction of sp³-hybridized carbons (Fsp3) is 0.188. The average molecular weight is 349 g/mol. The number of phenolic OH excluding ortho intramolecular Hbond substituents is 1. The van der Waals surface area contributed by atoms with Gasteiger partial charge in [0.2, 0.25) is 0 Å². The Balaban J connectivity index is 2.10. The van der Waals surface area contributed by atoms with Gasteiger partial charge in [-0.15, -0.1) is 0 Å². The Morgan fingerprint density at radius 1 is 1.10 bits per heavy atom. The van der Waals surface area contributed by atoms with Crippen LogP contribution in [0.4, 0.5) is 16.2 Å². The minimum Gasteiger partial charge on any atom is -0.505 e. The average Bonchev–Trinajstić information content (AvgIpc) is 2.46. The highest BCUT2D eigenvalue weighted by Crippen LogP contribution is 2.29. The third-order valence-electron chi connectivity index (χ3n) is 3.01. The number of amides is 2. The van der Waals surface area contributed by atoms with Crippen molar-refractivity contribution in [1.82, 2.24) is 0 Å². The first kappa shape index (κ1) is 15.4. The first-order valence-electron chi connectivity index (χ1n) is 6.75. The first-order chi connectivity index (χ1) is 10.1. The minimum atomic E-state index is -0.397. The summed E-state index contributed by atoms with van der Waals surface area (Å²) in [6, 6.07) is 12.3. The lowest BCUT2D eigenvalue weighted by Crippen LogP contribution is -2.19. The molecule has 0 atom stereocenters. The molecule has 0 aromatic heterocycles. The van der Waals surface area contributed by atoms with Gasteiger partial charge in [0.25, 0.3) is 0 Å². The number of aromatic hydroxyl groups is 1. The second-order valence-electron chi connectivity index (χ2n) is 4.62. The maximum absolute atomic E-state index is 12.0. The monoisotopic (exact) mass is 348 g/mol. The molecule has 4 nitrogen and oxygen atoms in total. The number of urea groups is 1. The quantitative estimate of drug-likeness (QED) is 0.698. The third kappa shape index (κ3) is 3.98. The van der Waals surface area contributed by atoms with Crippen molar-refractivity contribution in [1.29, 1.82) is 0 Å². The Hall–Kier alpha value is -2.01. The smallest absolute Gasteiger partial charge is 0.323 e. The zero-order valence-corrected chi connectivity index (χ0v) is 13.3. The van der Waals surface area contributed by atoms with Crippen LogP contribution in [0.15, 0.2) is 46.9 Å². The van der Waals surface area contributed by atoms with Crippen molar-refractivity contribution in [2.75, 3.05) is 10.6 Å². The van der Waals surface area contributed by atoms with E-state index in [1.54, 1.807) is 12.1 Å². The number of hydrogen-bond acceptors (Lipinski definition) is 2. The molecule has 5 heteroatoms. The van der Waals surface area contributed by atoms with E-state index < -0.39 is 6.03 Å². The second-order valence-corrected chi connectivity index (χ2v) is 5.48. The Labute approximate surface area is 132 Å². The molecule has 110 valence electrons. The van der Waals surface area contributed by atoms with E-state index in [0.29, 0.717) is 11.4 Å². The van der Waals surface area contributed by atoms with Crippen molar-refractivity contribution in [3.63, 3.8) is 0 Å². The van der Waals surface area contributed by atoms with Crippen LogP contribution in [0.2, 0.25) is 0 Å². The molecule has 0 saturated heterocycles. The Bertz CT molecular complexity index is 644. The van der Waals surface area contributed by atoms with Crippen molar-refractivity contribution in [2.45, 2.75) is 19.8 Å². The van der Waals surface area contributed by atoms with Crippen molar-refractivity contribution in [3.05, 3.63) is 52.5 Å². The van der Waals surface area contributed by atoms with Gasteiger partial charge in [0, 0.05) is 4.47 Å². The van der Waals surface area contributed by atoms with E-state index in [4.69, 9.17) is 0 Å². The highest BCUT2D eigenvalue weighted by molar-refractivity contribution is 9.10. The zero-order valence-electron chi connectivity index (χ0n) is 11.7. The van der Waals surface area contributed by atoms with Crippen LogP contribution in [0.3, 0.4) is 0 Å². The number of para-hydroxylation sites is 2. The number of halogens is 1.